The number of aryl methyl sites for hydroxylation is 1. The number of aromatic amines is 1. The van der Waals surface area contributed by atoms with Crippen LogP contribution in [0.2, 0.25) is 0 Å². The molecule has 1 heterocycles. The van der Waals surface area contributed by atoms with Crippen LogP contribution < -0.4 is 10.5 Å². The summed E-state index contributed by atoms with van der Waals surface area (Å²) in [6, 6.07) is 2.12. The molecule has 4 N–H and O–H groups in total. The van der Waals surface area contributed by atoms with Crippen molar-refractivity contribution < 1.29 is 17.2 Å². The Morgan fingerprint density at radius 2 is 2.05 bits per heavy atom. The van der Waals surface area contributed by atoms with E-state index in [4.69, 9.17) is 5.73 Å². The standard InChI is InChI=1S/C10H10F2N4O2S/c1-5-9(13)10(15-14-5)16-19(17,18)8-4-6(11)2-3-7(8)12/h2-4H,13H2,1H3,(H2,14,15,16). The lowest BCUT2D eigenvalue weighted by atomic mass is 10.3. The van der Waals surface area contributed by atoms with Gasteiger partial charge < -0.3 is 5.73 Å². The number of nitrogens with one attached hydrogen (secondary N) is 2. The van der Waals surface area contributed by atoms with Gasteiger partial charge in [-0.25, -0.2) is 17.2 Å². The molecule has 0 amide bonds. The number of nitrogen functional groups attached to an aromatic ring is 1. The predicted molar refractivity (Wildman–Crippen MR) is 64.9 cm³/mol. The monoisotopic (exact) mass is 288 g/mol. The molecule has 0 radical (unpaired) electrons. The Kier molecular flexibility index (Phi) is 3.14. The van der Waals surface area contributed by atoms with Crippen molar-refractivity contribution >= 4 is 21.5 Å². The van der Waals surface area contributed by atoms with Crippen molar-refractivity contribution in [3.8, 4) is 0 Å². The molecule has 0 atom stereocenters. The molecular weight excluding hydrogens is 278 g/mol. The highest BCUT2D eigenvalue weighted by Gasteiger charge is 2.22. The third-order valence-electron chi connectivity index (χ3n) is 2.41. The molecule has 102 valence electrons. The quantitative estimate of drug-likeness (QED) is 0.794. The average molecular weight is 288 g/mol. The third-order valence-corrected chi connectivity index (χ3v) is 3.76. The zero-order valence-electron chi connectivity index (χ0n) is 9.74. The summed E-state index contributed by atoms with van der Waals surface area (Å²) in [7, 11) is -4.30. The molecule has 0 aliphatic heterocycles. The van der Waals surface area contributed by atoms with Crippen LogP contribution >= 0.6 is 0 Å². The van der Waals surface area contributed by atoms with E-state index in [0.717, 1.165) is 12.1 Å². The number of halogens is 2. The highest BCUT2D eigenvalue weighted by Crippen LogP contribution is 2.23. The molecule has 1 aromatic carbocycles. The predicted octanol–water partition coefficient (Wildman–Crippen LogP) is 1.38. The Bertz CT molecular complexity index is 727. The van der Waals surface area contributed by atoms with Crippen LogP contribution in [-0.4, -0.2) is 18.6 Å². The van der Waals surface area contributed by atoms with Crippen molar-refractivity contribution in [3.63, 3.8) is 0 Å². The highest BCUT2D eigenvalue weighted by atomic mass is 32.2. The van der Waals surface area contributed by atoms with Gasteiger partial charge in [-0.05, 0) is 25.1 Å². The molecule has 1 aromatic heterocycles. The van der Waals surface area contributed by atoms with Gasteiger partial charge in [0.15, 0.2) is 5.82 Å². The average Bonchev–Trinajstić information content (AvgIpc) is 2.63. The van der Waals surface area contributed by atoms with E-state index in [2.05, 4.69) is 10.2 Å². The van der Waals surface area contributed by atoms with Gasteiger partial charge in [-0.15, -0.1) is 0 Å². The van der Waals surface area contributed by atoms with E-state index in [-0.39, 0.29) is 11.5 Å². The van der Waals surface area contributed by atoms with Crippen molar-refractivity contribution in [1.29, 1.82) is 0 Å². The number of hydrogen-bond donors (Lipinski definition) is 3. The minimum absolute atomic E-state index is 0.0837. The number of nitrogens with zero attached hydrogens (tertiary/aromatic N) is 1. The fourth-order valence-corrected chi connectivity index (χ4v) is 2.49. The maximum absolute atomic E-state index is 13.4. The first kappa shape index (κ1) is 13.3. The molecule has 0 bridgehead atoms. The van der Waals surface area contributed by atoms with Crippen molar-refractivity contribution in [2.45, 2.75) is 11.8 Å². The van der Waals surface area contributed by atoms with Gasteiger partial charge in [0.25, 0.3) is 10.0 Å². The minimum atomic E-state index is -4.30. The van der Waals surface area contributed by atoms with Crippen molar-refractivity contribution in [2.75, 3.05) is 10.5 Å². The van der Waals surface area contributed by atoms with Crippen LogP contribution in [0.1, 0.15) is 5.69 Å². The van der Waals surface area contributed by atoms with E-state index in [0.29, 0.717) is 11.8 Å². The van der Waals surface area contributed by atoms with E-state index in [1.807, 2.05) is 4.72 Å². The van der Waals surface area contributed by atoms with Crippen LogP contribution in [0.4, 0.5) is 20.3 Å². The van der Waals surface area contributed by atoms with Crippen LogP contribution in [0.3, 0.4) is 0 Å². The van der Waals surface area contributed by atoms with Crippen LogP contribution in [0.5, 0.6) is 0 Å². The molecule has 0 aliphatic rings. The fraction of sp³-hybridized carbons (Fsp3) is 0.100. The lowest BCUT2D eigenvalue weighted by Gasteiger charge is -2.07. The van der Waals surface area contributed by atoms with Crippen molar-refractivity contribution in [2.24, 2.45) is 0 Å². The van der Waals surface area contributed by atoms with Gasteiger partial charge in [0.05, 0.1) is 11.4 Å². The first-order chi connectivity index (χ1) is 8.81. The number of H-pyrrole nitrogens is 1. The molecule has 2 rings (SSSR count). The number of anilines is 2. The molecule has 0 saturated carbocycles. The summed E-state index contributed by atoms with van der Waals surface area (Å²) in [6.07, 6.45) is 0. The Morgan fingerprint density at radius 3 is 2.63 bits per heavy atom. The van der Waals surface area contributed by atoms with Crippen LogP contribution in [0.15, 0.2) is 23.1 Å². The third kappa shape index (κ3) is 2.50. The van der Waals surface area contributed by atoms with Crippen molar-refractivity contribution in [3.05, 3.63) is 35.5 Å². The molecule has 0 unspecified atom stereocenters. The minimum Gasteiger partial charge on any atom is -0.394 e. The highest BCUT2D eigenvalue weighted by molar-refractivity contribution is 7.92. The van der Waals surface area contributed by atoms with Crippen LogP contribution in [0.25, 0.3) is 0 Å². The van der Waals surface area contributed by atoms with Gasteiger partial charge in [-0.3, -0.25) is 9.82 Å². The van der Waals surface area contributed by atoms with E-state index >= 15 is 0 Å². The summed E-state index contributed by atoms with van der Waals surface area (Å²) in [6.45, 7) is 1.59. The Balaban J connectivity index is 2.43. The van der Waals surface area contributed by atoms with E-state index in [9.17, 15) is 17.2 Å². The maximum atomic E-state index is 13.4. The topological polar surface area (TPSA) is 101 Å². The summed E-state index contributed by atoms with van der Waals surface area (Å²) in [5.74, 6) is -2.10. The maximum Gasteiger partial charge on any atom is 0.266 e. The Morgan fingerprint density at radius 1 is 1.37 bits per heavy atom. The van der Waals surface area contributed by atoms with Crippen LogP contribution in [0, 0.1) is 18.6 Å². The molecule has 9 heteroatoms. The lowest BCUT2D eigenvalue weighted by molar-refractivity contribution is 0.555. The first-order valence-corrected chi connectivity index (χ1v) is 6.58. The van der Waals surface area contributed by atoms with Gasteiger partial charge in [0, 0.05) is 0 Å². The smallest absolute Gasteiger partial charge is 0.266 e. The molecule has 2 aromatic rings. The Labute approximate surface area is 107 Å². The lowest BCUT2D eigenvalue weighted by Crippen LogP contribution is -2.16. The summed E-state index contributed by atoms with van der Waals surface area (Å²) in [4.78, 5) is -0.812. The van der Waals surface area contributed by atoms with E-state index in [1.165, 1.54) is 0 Å². The number of rotatable bonds is 3. The summed E-state index contributed by atoms with van der Waals surface area (Å²) in [5, 5.41) is 6.09. The SMILES string of the molecule is Cc1[nH]nc(NS(=O)(=O)c2cc(F)ccc2F)c1N. The molecule has 6 nitrogen and oxygen atoms in total. The van der Waals surface area contributed by atoms with Gasteiger partial charge in [0.2, 0.25) is 0 Å². The zero-order chi connectivity index (χ0) is 14.2. The van der Waals surface area contributed by atoms with Crippen molar-refractivity contribution in [1.82, 2.24) is 10.2 Å². The number of sulfonamides is 1. The summed E-state index contributed by atoms with van der Waals surface area (Å²) in [5.41, 5.74) is 6.11. The Hall–Kier alpha value is -2.16. The summed E-state index contributed by atoms with van der Waals surface area (Å²) >= 11 is 0. The largest absolute Gasteiger partial charge is 0.394 e. The number of hydrogen-bond acceptors (Lipinski definition) is 4. The summed E-state index contributed by atoms with van der Waals surface area (Å²) < 4.78 is 52.2. The second-order valence-electron chi connectivity index (χ2n) is 3.79. The normalized spacial score (nSPS) is 11.5. The fourth-order valence-electron chi connectivity index (χ4n) is 1.38. The van der Waals surface area contributed by atoms with E-state index in [1.54, 1.807) is 6.92 Å². The zero-order valence-corrected chi connectivity index (χ0v) is 10.6. The first-order valence-electron chi connectivity index (χ1n) is 5.09. The molecule has 0 aliphatic carbocycles. The number of benzene rings is 1. The second kappa shape index (κ2) is 4.50. The molecule has 0 spiro atoms. The number of nitrogens with two attached hydrogens (primary N) is 1. The molecule has 0 saturated heterocycles. The van der Waals surface area contributed by atoms with Gasteiger partial charge in [0.1, 0.15) is 16.5 Å². The second-order valence-corrected chi connectivity index (χ2v) is 5.44. The van der Waals surface area contributed by atoms with Gasteiger partial charge in [-0.2, -0.15) is 5.10 Å². The van der Waals surface area contributed by atoms with E-state index < -0.39 is 26.6 Å². The van der Waals surface area contributed by atoms with Crippen LogP contribution in [-0.2, 0) is 10.0 Å². The van der Waals surface area contributed by atoms with Gasteiger partial charge in [-0.1, -0.05) is 0 Å². The molecule has 19 heavy (non-hydrogen) atoms. The van der Waals surface area contributed by atoms with Gasteiger partial charge >= 0.3 is 0 Å². The molecular formula is C10H10F2N4O2S. The number of aromatic nitrogens is 2. The molecule has 0 fully saturated rings.